The number of pyridine rings is 1. The highest BCUT2D eigenvalue weighted by atomic mass is 79.9. The first-order chi connectivity index (χ1) is 9.89. The van der Waals surface area contributed by atoms with E-state index in [1.165, 1.54) is 24.4 Å². The molecule has 1 heterocycles. The summed E-state index contributed by atoms with van der Waals surface area (Å²) < 4.78 is 45.7. The quantitative estimate of drug-likeness (QED) is 0.759. The van der Waals surface area contributed by atoms with Crippen molar-refractivity contribution in [2.45, 2.75) is 6.36 Å². The summed E-state index contributed by atoms with van der Waals surface area (Å²) in [6.07, 6.45) is -2.78. The van der Waals surface area contributed by atoms with Crippen LogP contribution in [0.2, 0.25) is 0 Å². The predicted molar refractivity (Wildman–Crippen MR) is 70.5 cm³/mol. The van der Waals surface area contributed by atoms with Gasteiger partial charge in [-0.3, -0.25) is 4.79 Å². The van der Waals surface area contributed by atoms with E-state index < -0.39 is 12.1 Å². The normalized spacial score (nSPS) is 11.0. The largest absolute Gasteiger partial charge is 0.573 e. The van der Waals surface area contributed by atoms with E-state index in [2.05, 4.69) is 25.7 Å². The van der Waals surface area contributed by atoms with Gasteiger partial charge >= 0.3 is 6.36 Å². The van der Waals surface area contributed by atoms with Gasteiger partial charge in [0, 0.05) is 6.20 Å². The number of hydrogen-bond acceptors (Lipinski definition) is 4. The molecule has 0 atom stereocenters. The predicted octanol–water partition coefficient (Wildman–Crippen LogP) is 4.35. The third kappa shape index (κ3) is 4.19. The Kier molecular flexibility index (Phi) is 4.46. The molecular weight excluding hydrogens is 355 g/mol. The lowest BCUT2D eigenvalue weighted by molar-refractivity contribution is -0.274. The zero-order valence-corrected chi connectivity index (χ0v) is 11.8. The molecule has 2 rings (SSSR count). The van der Waals surface area contributed by atoms with Gasteiger partial charge in [0.25, 0.3) is 0 Å². The van der Waals surface area contributed by atoms with Gasteiger partial charge < -0.3 is 9.47 Å². The van der Waals surface area contributed by atoms with Crippen LogP contribution < -0.4 is 9.47 Å². The third-order valence-corrected chi connectivity index (χ3v) is 2.89. The molecule has 0 aliphatic carbocycles. The summed E-state index contributed by atoms with van der Waals surface area (Å²) >= 11 is 2.95. The average Bonchev–Trinajstić information content (AvgIpc) is 2.41. The first-order valence-corrected chi connectivity index (χ1v) is 6.31. The molecule has 0 spiro atoms. The van der Waals surface area contributed by atoms with Crippen LogP contribution in [0.5, 0.6) is 17.4 Å². The molecule has 0 bridgehead atoms. The highest BCUT2D eigenvalue weighted by Gasteiger charge is 2.32. The highest BCUT2D eigenvalue weighted by Crippen LogP contribution is 2.34. The maximum absolute atomic E-state index is 12.1. The summed E-state index contributed by atoms with van der Waals surface area (Å²) in [5.74, 6) is -0.131. The van der Waals surface area contributed by atoms with Crippen LogP contribution in [0.1, 0.15) is 10.4 Å². The third-order valence-electron chi connectivity index (χ3n) is 2.27. The molecule has 1 aromatic heterocycles. The van der Waals surface area contributed by atoms with Crippen LogP contribution in [0.25, 0.3) is 0 Å². The molecule has 0 N–H and O–H groups in total. The van der Waals surface area contributed by atoms with Crippen molar-refractivity contribution in [1.29, 1.82) is 0 Å². The number of aromatic nitrogens is 1. The summed E-state index contributed by atoms with van der Waals surface area (Å²) in [5.41, 5.74) is 0.226. The summed E-state index contributed by atoms with van der Waals surface area (Å²) in [4.78, 5) is 14.7. The molecule has 0 aliphatic heterocycles. The van der Waals surface area contributed by atoms with Gasteiger partial charge in [-0.15, -0.1) is 13.2 Å². The number of hydrogen-bond donors (Lipinski definition) is 0. The van der Waals surface area contributed by atoms with E-state index in [9.17, 15) is 18.0 Å². The average molecular weight is 362 g/mol. The van der Waals surface area contributed by atoms with Crippen molar-refractivity contribution in [2.75, 3.05) is 0 Å². The van der Waals surface area contributed by atoms with Crippen LogP contribution in [-0.4, -0.2) is 17.6 Å². The van der Waals surface area contributed by atoms with Gasteiger partial charge in [0.1, 0.15) is 11.5 Å². The zero-order valence-electron chi connectivity index (χ0n) is 10.2. The Hall–Kier alpha value is -2.09. The standard InChI is InChI=1S/C13H7BrF3NO3/c14-10-6-9(3-4-11(10)21-13(15,16)17)20-12-8(7-19)2-1-5-18-12/h1-7H. The first-order valence-electron chi connectivity index (χ1n) is 5.52. The number of rotatable bonds is 4. The molecule has 0 unspecified atom stereocenters. The number of ether oxygens (including phenoxy) is 2. The summed E-state index contributed by atoms with van der Waals surface area (Å²) in [6, 6.07) is 6.72. The second-order valence-corrected chi connectivity index (χ2v) is 4.61. The molecular formula is C13H7BrF3NO3. The lowest BCUT2D eigenvalue weighted by Crippen LogP contribution is -2.17. The molecule has 0 fully saturated rings. The minimum absolute atomic E-state index is 0.0564. The Morgan fingerprint density at radius 3 is 2.62 bits per heavy atom. The van der Waals surface area contributed by atoms with Gasteiger partial charge in [0.15, 0.2) is 6.29 Å². The minimum atomic E-state index is -4.78. The van der Waals surface area contributed by atoms with Crippen LogP contribution >= 0.6 is 15.9 Å². The van der Waals surface area contributed by atoms with Gasteiger partial charge in [-0.1, -0.05) is 0 Å². The highest BCUT2D eigenvalue weighted by molar-refractivity contribution is 9.10. The van der Waals surface area contributed by atoms with Crippen molar-refractivity contribution in [3.05, 3.63) is 46.6 Å². The van der Waals surface area contributed by atoms with E-state index in [-0.39, 0.29) is 21.7 Å². The molecule has 0 amide bonds. The van der Waals surface area contributed by atoms with Crippen molar-refractivity contribution < 1.29 is 27.4 Å². The molecule has 0 saturated carbocycles. The fourth-order valence-electron chi connectivity index (χ4n) is 1.44. The Balaban J connectivity index is 2.22. The van der Waals surface area contributed by atoms with Crippen LogP contribution in [0.3, 0.4) is 0 Å². The number of halogens is 4. The van der Waals surface area contributed by atoms with Crippen molar-refractivity contribution in [1.82, 2.24) is 4.98 Å². The molecule has 1 aromatic carbocycles. The lowest BCUT2D eigenvalue weighted by atomic mass is 10.3. The van der Waals surface area contributed by atoms with Crippen molar-refractivity contribution in [2.24, 2.45) is 0 Å². The maximum Gasteiger partial charge on any atom is 0.573 e. The molecule has 4 nitrogen and oxygen atoms in total. The second-order valence-electron chi connectivity index (χ2n) is 3.76. The SMILES string of the molecule is O=Cc1cccnc1Oc1ccc(OC(F)(F)F)c(Br)c1. The Morgan fingerprint density at radius 2 is 2.00 bits per heavy atom. The molecule has 0 radical (unpaired) electrons. The summed E-state index contributed by atoms with van der Waals surface area (Å²) in [6.45, 7) is 0. The van der Waals surface area contributed by atoms with Gasteiger partial charge in [-0.2, -0.15) is 0 Å². The number of aldehydes is 1. The van der Waals surface area contributed by atoms with Gasteiger partial charge in [0.2, 0.25) is 5.88 Å². The van der Waals surface area contributed by atoms with Crippen molar-refractivity contribution in [3.8, 4) is 17.4 Å². The molecule has 8 heteroatoms. The fourth-order valence-corrected chi connectivity index (χ4v) is 1.88. The molecule has 0 aliphatic rings. The van der Waals surface area contributed by atoms with E-state index in [0.29, 0.717) is 6.29 Å². The smallest absolute Gasteiger partial charge is 0.438 e. The van der Waals surface area contributed by atoms with Gasteiger partial charge in [0.05, 0.1) is 10.0 Å². The first kappa shape index (κ1) is 15.3. The number of carbonyl (C=O) groups excluding carboxylic acids is 1. The monoisotopic (exact) mass is 361 g/mol. The summed E-state index contributed by atoms with van der Waals surface area (Å²) in [5, 5.41) is 0. The minimum Gasteiger partial charge on any atom is -0.438 e. The number of nitrogens with zero attached hydrogens (tertiary/aromatic N) is 1. The molecule has 21 heavy (non-hydrogen) atoms. The topological polar surface area (TPSA) is 48.4 Å². The molecule has 110 valence electrons. The fraction of sp³-hybridized carbons (Fsp3) is 0.0769. The maximum atomic E-state index is 12.1. The number of carbonyl (C=O) groups is 1. The van der Waals surface area contributed by atoms with E-state index in [1.54, 1.807) is 6.07 Å². The van der Waals surface area contributed by atoms with E-state index in [0.717, 1.165) is 6.07 Å². The van der Waals surface area contributed by atoms with E-state index >= 15 is 0 Å². The molecule has 2 aromatic rings. The zero-order chi connectivity index (χ0) is 15.5. The van der Waals surface area contributed by atoms with Crippen LogP contribution in [0.15, 0.2) is 41.0 Å². The molecule has 0 saturated heterocycles. The Bertz CT molecular complexity index is 661. The van der Waals surface area contributed by atoms with E-state index in [4.69, 9.17) is 4.74 Å². The van der Waals surface area contributed by atoms with Crippen LogP contribution in [0.4, 0.5) is 13.2 Å². The Morgan fingerprint density at radius 1 is 1.24 bits per heavy atom. The van der Waals surface area contributed by atoms with Crippen LogP contribution in [0, 0.1) is 0 Å². The van der Waals surface area contributed by atoms with Gasteiger partial charge in [-0.25, -0.2) is 4.98 Å². The number of alkyl halides is 3. The van der Waals surface area contributed by atoms with Gasteiger partial charge in [-0.05, 0) is 46.3 Å². The van der Waals surface area contributed by atoms with E-state index in [1.807, 2.05) is 0 Å². The second kappa shape index (κ2) is 6.13. The van der Waals surface area contributed by atoms with Crippen molar-refractivity contribution in [3.63, 3.8) is 0 Å². The van der Waals surface area contributed by atoms with Crippen molar-refractivity contribution >= 4 is 22.2 Å². The Labute approximate surface area is 125 Å². The number of benzene rings is 1. The lowest BCUT2D eigenvalue weighted by Gasteiger charge is -2.12. The summed E-state index contributed by atoms with van der Waals surface area (Å²) in [7, 11) is 0. The van der Waals surface area contributed by atoms with Crippen LogP contribution in [-0.2, 0) is 0 Å².